The Labute approximate surface area is 308 Å². The van der Waals surface area contributed by atoms with E-state index < -0.39 is 5.54 Å². The van der Waals surface area contributed by atoms with Crippen LogP contribution in [-0.2, 0) is 16.0 Å². The lowest BCUT2D eigenvalue weighted by atomic mass is 9.79. The van der Waals surface area contributed by atoms with Crippen molar-refractivity contribution in [3.05, 3.63) is 65.2 Å². The third-order valence-corrected chi connectivity index (χ3v) is 11.2. The lowest BCUT2D eigenvalue weighted by Crippen LogP contribution is -2.54. The first-order valence-corrected chi connectivity index (χ1v) is 20.1. The van der Waals surface area contributed by atoms with Crippen LogP contribution < -0.4 is 4.90 Å². The summed E-state index contributed by atoms with van der Waals surface area (Å²) in [6, 6.07) is 16.2. The van der Waals surface area contributed by atoms with Gasteiger partial charge >= 0.3 is 0 Å². The van der Waals surface area contributed by atoms with E-state index in [0.29, 0.717) is 37.9 Å². The van der Waals surface area contributed by atoms with Crippen molar-refractivity contribution in [1.82, 2.24) is 14.7 Å². The van der Waals surface area contributed by atoms with Gasteiger partial charge in [0.05, 0.1) is 18.8 Å². The minimum atomic E-state index is -0.693. The summed E-state index contributed by atoms with van der Waals surface area (Å²) in [4.78, 5) is 48.3. The van der Waals surface area contributed by atoms with Crippen molar-refractivity contribution in [1.29, 1.82) is 0 Å². The molecule has 0 saturated carbocycles. The summed E-state index contributed by atoms with van der Waals surface area (Å²) in [6.45, 7) is 13.8. The number of benzene rings is 2. The Kier molecular flexibility index (Phi) is 17.1. The quantitative estimate of drug-likeness (QED) is 0.0921. The molecular weight excluding hydrogens is 636 g/mol. The number of anilines is 1. The van der Waals surface area contributed by atoms with Crippen LogP contribution >= 0.6 is 0 Å². The fraction of sp³-hybridized carbons (Fsp3) is 0.651. The number of Topliss-reactive ketones (excluding diaryl/α,β-unsaturated/α-hetero) is 2. The first-order chi connectivity index (χ1) is 24.8. The van der Waals surface area contributed by atoms with E-state index in [4.69, 9.17) is 4.74 Å². The molecule has 282 valence electrons. The maximum atomic E-state index is 14.6. The van der Waals surface area contributed by atoms with Crippen LogP contribution in [0.25, 0.3) is 0 Å². The number of unbranched alkanes of at least 4 members (excludes halogenated alkanes) is 9. The van der Waals surface area contributed by atoms with Crippen molar-refractivity contribution < 1.29 is 19.1 Å². The van der Waals surface area contributed by atoms with Crippen molar-refractivity contribution in [2.24, 2.45) is 0 Å². The number of hydrogen-bond donors (Lipinski definition) is 0. The zero-order valence-electron chi connectivity index (χ0n) is 32.3. The highest BCUT2D eigenvalue weighted by Crippen LogP contribution is 2.31. The largest absolute Gasteiger partial charge is 0.378 e. The number of carbonyl (C=O) groups excluding carboxylic acids is 3. The minimum absolute atomic E-state index is 0.0454. The van der Waals surface area contributed by atoms with Crippen LogP contribution in [-0.4, -0.2) is 110 Å². The third-order valence-electron chi connectivity index (χ3n) is 11.2. The second-order valence-electron chi connectivity index (χ2n) is 14.9. The molecule has 8 heteroatoms. The van der Waals surface area contributed by atoms with Crippen LogP contribution in [0.4, 0.5) is 5.69 Å². The molecule has 0 N–H and O–H groups in total. The van der Waals surface area contributed by atoms with Gasteiger partial charge in [0.2, 0.25) is 0 Å². The standard InChI is InChI=1S/C43H66N4O4/c1-5-7-8-9-10-11-12-13-14-15-25-44(4)43(6-2,41(49)38-20-22-40(23-21-38)46-31-33-51-34-32-46)35-37-16-18-39(19-17-37)42(50)47-29-27-45(28-30-47)26-24-36(3)48/h16-23H,5-15,24-35H2,1-4H3. The van der Waals surface area contributed by atoms with Gasteiger partial charge in [-0.25, -0.2) is 0 Å². The number of ether oxygens (including phenoxy) is 1. The van der Waals surface area contributed by atoms with Crippen molar-refractivity contribution in [2.45, 2.75) is 110 Å². The van der Waals surface area contributed by atoms with E-state index in [0.717, 1.165) is 75.7 Å². The molecule has 2 heterocycles. The van der Waals surface area contributed by atoms with Gasteiger partial charge in [0, 0.05) is 69.0 Å². The molecule has 1 atom stereocenters. The molecule has 0 aliphatic carbocycles. The molecule has 1 amide bonds. The lowest BCUT2D eigenvalue weighted by Gasteiger charge is -2.41. The molecule has 2 fully saturated rings. The van der Waals surface area contributed by atoms with Crippen LogP contribution in [0.2, 0.25) is 0 Å². The van der Waals surface area contributed by atoms with E-state index in [1.807, 2.05) is 41.3 Å². The highest BCUT2D eigenvalue weighted by Gasteiger charge is 2.41. The zero-order chi connectivity index (χ0) is 36.5. The Morgan fingerprint density at radius 1 is 0.725 bits per heavy atom. The molecule has 1 unspecified atom stereocenters. The number of nitrogens with zero attached hydrogens (tertiary/aromatic N) is 4. The molecule has 4 rings (SSSR count). The van der Waals surface area contributed by atoms with Gasteiger partial charge < -0.3 is 14.5 Å². The summed E-state index contributed by atoms with van der Waals surface area (Å²) in [5.41, 5.74) is 2.94. The van der Waals surface area contributed by atoms with E-state index in [2.05, 4.69) is 47.7 Å². The number of ketones is 2. The molecule has 0 bridgehead atoms. The van der Waals surface area contributed by atoms with Gasteiger partial charge in [0.15, 0.2) is 5.78 Å². The Hall–Kier alpha value is -3.07. The van der Waals surface area contributed by atoms with Crippen LogP contribution in [0.15, 0.2) is 48.5 Å². The number of carbonyl (C=O) groups is 3. The molecular formula is C43H66N4O4. The van der Waals surface area contributed by atoms with Crippen LogP contribution in [0.5, 0.6) is 0 Å². The average molecular weight is 703 g/mol. The monoisotopic (exact) mass is 703 g/mol. The maximum absolute atomic E-state index is 14.6. The topological polar surface area (TPSA) is 73.4 Å². The summed E-state index contributed by atoms with van der Waals surface area (Å²) >= 11 is 0. The maximum Gasteiger partial charge on any atom is 0.253 e. The molecule has 0 radical (unpaired) electrons. The predicted molar refractivity (Wildman–Crippen MR) is 209 cm³/mol. The van der Waals surface area contributed by atoms with Gasteiger partial charge in [-0.1, -0.05) is 83.8 Å². The van der Waals surface area contributed by atoms with Crippen molar-refractivity contribution in [3.63, 3.8) is 0 Å². The summed E-state index contributed by atoms with van der Waals surface area (Å²) in [5, 5.41) is 0. The Morgan fingerprint density at radius 2 is 1.29 bits per heavy atom. The molecule has 2 aliphatic rings. The lowest BCUT2D eigenvalue weighted by molar-refractivity contribution is -0.117. The van der Waals surface area contributed by atoms with E-state index >= 15 is 0 Å². The van der Waals surface area contributed by atoms with Crippen LogP contribution in [0.3, 0.4) is 0 Å². The molecule has 2 aromatic carbocycles. The van der Waals surface area contributed by atoms with Crippen molar-refractivity contribution >= 4 is 23.2 Å². The van der Waals surface area contributed by atoms with Gasteiger partial charge in [-0.2, -0.15) is 0 Å². The molecule has 8 nitrogen and oxygen atoms in total. The number of amides is 1. The van der Waals surface area contributed by atoms with Gasteiger partial charge in [0.25, 0.3) is 5.91 Å². The average Bonchev–Trinajstić information content (AvgIpc) is 3.17. The molecule has 2 saturated heterocycles. The first-order valence-electron chi connectivity index (χ1n) is 20.1. The van der Waals surface area contributed by atoms with Gasteiger partial charge in [-0.15, -0.1) is 0 Å². The summed E-state index contributed by atoms with van der Waals surface area (Å²) in [5.74, 6) is 0.411. The summed E-state index contributed by atoms with van der Waals surface area (Å²) in [7, 11) is 2.13. The van der Waals surface area contributed by atoms with Gasteiger partial charge in [-0.05, 0) is 81.7 Å². The number of morpholine rings is 1. The highest BCUT2D eigenvalue weighted by atomic mass is 16.5. The summed E-state index contributed by atoms with van der Waals surface area (Å²) in [6.07, 6.45) is 14.7. The molecule has 0 spiro atoms. The van der Waals surface area contributed by atoms with E-state index in [-0.39, 0.29) is 17.5 Å². The third kappa shape index (κ3) is 12.3. The number of likely N-dealkylation sites (N-methyl/N-ethyl adjacent to an activating group) is 1. The van der Waals surface area contributed by atoms with E-state index in [1.165, 1.54) is 57.8 Å². The second kappa shape index (κ2) is 21.5. The first kappa shape index (κ1) is 40.7. The Balaban J connectivity index is 1.42. The number of piperazine rings is 1. The molecule has 0 aromatic heterocycles. The fourth-order valence-corrected chi connectivity index (χ4v) is 7.68. The molecule has 2 aliphatic heterocycles. The van der Waals surface area contributed by atoms with Gasteiger partial charge in [0.1, 0.15) is 5.78 Å². The van der Waals surface area contributed by atoms with E-state index in [9.17, 15) is 14.4 Å². The van der Waals surface area contributed by atoms with Crippen LogP contribution in [0.1, 0.15) is 124 Å². The van der Waals surface area contributed by atoms with Crippen LogP contribution in [0, 0.1) is 0 Å². The molecule has 51 heavy (non-hydrogen) atoms. The summed E-state index contributed by atoms with van der Waals surface area (Å²) < 4.78 is 5.54. The highest BCUT2D eigenvalue weighted by molar-refractivity contribution is 6.03. The Bertz CT molecular complexity index is 1330. The normalized spacial score (nSPS) is 16.7. The second-order valence-corrected chi connectivity index (χ2v) is 14.9. The van der Waals surface area contributed by atoms with Crippen molar-refractivity contribution in [2.75, 3.05) is 77.5 Å². The minimum Gasteiger partial charge on any atom is -0.378 e. The number of rotatable bonds is 22. The fourth-order valence-electron chi connectivity index (χ4n) is 7.68. The predicted octanol–water partition coefficient (Wildman–Crippen LogP) is 7.69. The SMILES string of the molecule is CCCCCCCCCCCCN(C)C(CC)(Cc1ccc(C(=O)N2CCN(CCC(C)=O)CC2)cc1)C(=O)c1ccc(N2CCOCC2)cc1. The zero-order valence-corrected chi connectivity index (χ0v) is 32.3. The van der Waals surface area contributed by atoms with E-state index in [1.54, 1.807) is 6.92 Å². The Morgan fingerprint density at radius 3 is 1.86 bits per heavy atom. The molecule has 2 aromatic rings. The van der Waals surface area contributed by atoms with Crippen molar-refractivity contribution in [3.8, 4) is 0 Å². The van der Waals surface area contributed by atoms with Gasteiger partial charge in [-0.3, -0.25) is 24.2 Å². The number of hydrogen-bond acceptors (Lipinski definition) is 7. The smallest absolute Gasteiger partial charge is 0.253 e.